The molecule has 0 aliphatic carbocycles. The van der Waals surface area contributed by atoms with E-state index >= 15 is 0 Å². The van der Waals surface area contributed by atoms with Crippen LogP contribution in [0.3, 0.4) is 0 Å². The van der Waals surface area contributed by atoms with E-state index in [0.29, 0.717) is 0 Å². The topological polar surface area (TPSA) is 101 Å². The summed E-state index contributed by atoms with van der Waals surface area (Å²) in [4.78, 5) is 0. The monoisotopic (exact) mass is 216 g/mol. The lowest BCUT2D eigenvalue weighted by atomic mass is 10.3. The molecule has 0 aromatic rings. The van der Waals surface area contributed by atoms with Crippen molar-refractivity contribution in [3.63, 3.8) is 0 Å². The standard InChI is InChI=1S/C4H8O6S2/c5-3-1-12(8,9)2-4(3)10-11(6)7/h3-5H,1-2H2,(H,6,7)/t3-,4+/m1/s1. The summed E-state index contributed by atoms with van der Waals surface area (Å²) in [7, 11) is -3.31. The van der Waals surface area contributed by atoms with Crippen molar-refractivity contribution >= 4 is 21.2 Å². The van der Waals surface area contributed by atoms with E-state index in [1.165, 1.54) is 0 Å². The molecule has 1 aliphatic rings. The maximum Gasteiger partial charge on any atom is 0.302 e. The van der Waals surface area contributed by atoms with Crippen molar-refractivity contribution in [3.8, 4) is 0 Å². The fraction of sp³-hybridized carbons (Fsp3) is 1.00. The number of aliphatic hydroxyl groups excluding tert-OH is 1. The van der Waals surface area contributed by atoms with Gasteiger partial charge in [-0.25, -0.2) is 8.42 Å². The molecule has 3 atom stereocenters. The molecule has 0 spiro atoms. The van der Waals surface area contributed by atoms with Crippen LogP contribution in [0.2, 0.25) is 0 Å². The van der Waals surface area contributed by atoms with Crippen LogP contribution < -0.4 is 0 Å². The second kappa shape index (κ2) is 3.38. The lowest BCUT2D eigenvalue weighted by Gasteiger charge is -2.08. The third-order valence-corrected chi connectivity index (χ3v) is 3.58. The normalized spacial score (nSPS) is 36.5. The van der Waals surface area contributed by atoms with E-state index in [2.05, 4.69) is 4.18 Å². The molecule has 2 N–H and O–H groups in total. The first-order valence-corrected chi connectivity index (χ1v) is 5.92. The van der Waals surface area contributed by atoms with Gasteiger partial charge < -0.3 is 5.11 Å². The summed E-state index contributed by atoms with van der Waals surface area (Å²) in [5.74, 6) is -0.810. The molecule has 8 heteroatoms. The van der Waals surface area contributed by atoms with Crippen LogP contribution in [-0.2, 0) is 25.4 Å². The van der Waals surface area contributed by atoms with Crippen LogP contribution in [-0.4, -0.2) is 46.0 Å². The molecule has 0 amide bonds. The quantitative estimate of drug-likeness (QED) is 0.533. The van der Waals surface area contributed by atoms with Gasteiger partial charge in [0.2, 0.25) is 0 Å². The number of hydrogen-bond acceptors (Lipinski definition) is 5. The summed E-state index contributed by atoms with van der Waals surface area (Å²) >= 11 is -2.53. The Labute approximate surface area is 71.9 Å². The van der Waals surface area contributed by atoms with Crippen LogP contribution in [0.4, 0.5) is 0 Å². The average Bonchev–Trinajstić information content (AvgIpc) is 2.03. The maximum atomic E-state index is 10.8. The molecular weight excluding hydrogens is 208 g/mol. The van der Waals surface area contributed by atoms with Crippen molar-refractivity contribution in [2.45, 2.75) is 12.2 Å². The molecule has 6 nitrogen and oxygen atoms in total. The van der Waals surface area contributed by atoms with Crippen LogP contribution in [0.25, 0.3) is 0 Å². The predicted molar refractivity (Wildman–Crippen MR) is 40.3 cm³/mol. The van der Waals surface area contributed by atoms with Crippen molar-refractivity contribution < 1.29 is 26.5 Å². The molecule has 1 unspecified atom stereocenters. The Morgan fingerprint density at radius 2 is 2.00 bits per heavy atom. The highest BCUT2D eigenvalue weighted by Crippen LogP contribution is 2.16. The maximum absolute atomic E-state index is 10.8. The van der Waals surface area contributed by atoms with Gasteiger partial charge in [0.15, 0.2) is 9.84 Å². The van der Waals surface area contributed by atoms with Gasteiger partial charge in [-0.3, -0.25) is 8.74 Å². The minimum atomic E-state index is -3.31. The van der Waals surface area contributed by atoms with E-state index in [1.807, 2.05) is 0 Å². The molecule has 0 aromatic carbocycles. The van der Waals surface area contributed by atoms with Crippen molar-refractivity contribution in [1.82, 2.24) is 0 Å². The van der Waals surface area contributed by atoms with Gasteiger partial charge in [0, 0.05) is 0 Å². The Balaban J connectivity index is 2.64. The second-order valence-corrected chi connectivity index (χ2v) is 5.28. The lowest BCUT2D eigenvalue weighted by molar-refractivity contribution is 0.0766. The van der Waals surface area contributed by atoms with Gasteiger partial charge in [-0.1, -0.05) is 0 Å². The Kier molecular flexibility index (Phi) is 2.84. The van der Waals surface area contributed by atoms with Crippen molar-refractivity contribution in [1.29, 1.82) is 0 Å². The Morgan fingerprint density at radius 3 is 2.33 bits per heavy atom. The fourth-order valence-corrected chi connectivity index (χ4v) is 3.15. The van der Waals surface area contributed by atoms with Gasteiger partial charge in [-0.2, -0.15) is 4.21 Å². The summed E-state index contributed by atoms with van der Waals surface area (Å²) in [5.41, 5.74) is 0. The van der Waals surface area contributed by atoms with Gasteiger partial charge in [-0.05, 0) is 0 Å². The van der Waals surface area contributed by atoms with Gasteiger partial charge in [-0.15, -0.1) is 0 Å². The SMILES string of the molecule is O=S(O)O[C@H]1CS(=O)(=O)C[C@H]1O. The first-order chi connectivity index (χ1) is 5.41. The zero-order valence-electron chi connectivity index (χ0n) is 5.91. The Hall–Kier alpha value is -0.0200. The van der Waals surface area contributed by atoms with Crippen LogP contribution >= 0.6 is 0 Å². The van der Waals surface area contributed by atoms with Crippen molar-refractivity contribution in [3.05, 3.63) is 0 Å². The van der Waals surface area contributed by atoms with Crippen LogP contribution in [0.1, 0.15) is 0 Å². The van der Waals surface area contributed by atoms with E-state index in [1.54, 1.807) is 0 Å². The number of hydrogen-bond donors (Lipinski definition) is 2. The second-order valence-electron chi connectivity index (χ2n) is 2.50. The van der Waals surface area contributed by atoms with E-state index in [4.69, 9.17) is 9.66 Å². The predicted octanol–water partition coefficient (Wildman–Crippen LogP) is -1.70. The van der Waals surface area contributed by atoms with Crippen LogP contribution in [0, 0.1) is 0 Å². The van der Waals surface area contributed by atoms with E-state index in [-0.39, 0.29) is 0 Å². The van der Waals surface area contributed by atoms with Crippen LogP contribution in [0.5, 0.6) is 0 Å². The van der Waals surface area contributed by atoms with Gasteiger partial charge in [0.25, 0.3) is 0 Å². The molecule has 1 aliphatic heterocycles. The smallest absolute Gasteiger partial charge is 0.302 e. The number of rotatable bonds is 2. The lowest BCUT2D eigenvalue weighted by Crippen LogP contribution is -2.27. The Bertz CT molecular complexity index is 282. The van der Waals surface area contributed by atoms with Gasteiger partial charge in [0.1, 0.15) is 6.10 Å². The van der Waals surface area contributed by atoms with E-state index in [9.17, 15) is 12.6 Å². The third kappa shape index (κ3) is 2.49. The molecule has 0 aromatic heterocycles. The van der Waals surface area contributed by atoms with Crippen molar-refractivity contribution in [2.75, 3.05) is 11.5 Å². The van der Waals surface area contributed by atoms with Gasteiger partial charge in [0.05, 0.1) is 17.6 Å². The largest absolute Gasteiger partial charge is 0.389 e. The summed E-state index contributed by atoms with van der Waals surface area (Å²) in [6.45, 7) is 0. The summed E-state index contributed by atoms with van der Waals surface area (Å²) in [6, 6.07) is 0. The molecule has 12 heavy (non-hydrogen) atoms. The minimum absolute atomic E-state index is 0.402. The summed E-state index contributed by atoms with van der Waals surface area (Å²) in [5, 5.41) is 9.02. The molecule has 1 heterocycles. The molecule has 1 saturated heterocycles. The molecule has 1 rings (SSSR count). The zero-order valence-corrected chi connectivity index (χ0v) is 7.55. The highest BCUT2D eigenvalue weighted by atomic mass is 32.2. The molecular formula is C4H8O6S2. The van der Waals surface area contributed by atoms with Crippen LogP contribution in [0.15, 0.2) is 0 Å². The number of aliphatic hydroxyl groups is 1. The fourth-order valence-electron chi connectivity index (χ4n) is 0.995. The minimum Gasteiger partial charge on any atom is -0.389 e. The molecule has 72 valence electrons. The van der Waals surface area contributed by atoms with Gasteiger partial charge >= 0.3 is 11.4 Å². The van der Waals surface area contributed by atoms with Crippen molar-refractivity contribution in [2.24, 2.45) is 0 Å². The molecule has 0 radical (unpaired) electrons. The highest BCUT2D eigenvalue weighted by Gasteiger charge is 2.38. The molecule has 1 fully saturated rings. The third-order valence-electron chi connectivity index (χ3n) is 1.48. The molecule has 0 bridgehead atoms. The first kappa shape index (κ1) is 10.1. The first-order valence-electron chi connectivity index (χ1n) is 3.07. The highest BCUT2D eigenvalue weighted by molar-refractivity contribution is 7.91. The summed E-state index contributed by atoms with van der Waals surface area (Å²) in [6.07, 6.45) is -2.29. The van der Waals surface area contributed by atoms with E-state index in [0.717, 1.165) is 0 Å². The number of sulfone groups is 1. The average molecular weight is 216 g/mol. The van der Waals surface area contributed by atoms with E-state index < -0.39 is 44.9 Å². The zero-order chi connectivity index (χ0) is 9.35. The molecule has 0 saturated carbocycles. The summed E-state index contributed by atoms with van der Waals surface area (Å²) < 4.78 is 44.2. The Morgan fingerprint density at radius 1 is 1.42 bits per heavy atom.